The summed E-state index contributed by atoms with van der Waals surface area (Å²) in [6.07, 6.45) is 0.695. The van der Waals surface area contributed by atoms with Crippen LogP contribution in [0.15, 0.2) is 65.9 Å². The Morgan fingerprint density at radius 2 is 1.62 bits per heavy atom. The molecule has 0 radical (unpaired) electrons. The zero-order valence-electron chi connectivity index (χ0n) is 16.4. The van der Waals surface area contributed by atoms with Gasteiger partial charge >= 0.3 is 0 Å². The lowest BCUT2D eigenvalue weighted by molar-refractivity contribution is -0.180. The Kier molecular flexibility index (Phi) is 3.70. The molecule has 148 valence electrons. The van der Waals surface area contributed by atoms with E-state index in [9.17, 15) is 19.8 Å². The number of allylic oxidation sites excluding steroid dienone is 1. The minimum absolute atomic E-state index is 0.0555. The SMILES string of the molecule is CC(C)N1C2=C(C(=O)CC(c3ccccc3)C2)C2(O)C(=O)c3ccccc3C12O. The molecule has 0 fully saturated rings. The van der Waals surface area contributed by atoms with Crippen LogP contribution >= 0.6 is 0 Å². The summed E-state index contributed by atoms with van der Waals surface area (Å²) in [6.45, 7) is 3.80. The van der Waals surface area contributed by atoms with Crippen molar-refractivity contribution in [3.8, 4) is 0 Å². The fourth-order valence-electron chi connectivity index (χ4n) is 5.49. The van der Waals surface area contributed by atoms with Crippen molar-refractivity contribution < 1.29 is 19.8 Å². The summed E-state index contributed by atoms with van der Waals surface area (Å²) in [6, 6.07) is 16.3. The number of nitrogens with zero attached hydrogens (tertiary/aromatic N) is 1. The summed E-state index contributed by atoms with van der Waals surface area (Å²) in [5, 5.41) is 23.6. The Morgan fingerprint density at radius 3 is 2.31 bits per heavy atom. The van der Waals surface area contributed by atoms with Crippen molar-refractivity contribution in [1.29, 1.82) is 0 Å². The average molecular weight is 389 g/mol. The molecule has 1 heterocycles. The van der Waals surface area contributed by atoms with E-state index in [1.807, 2.05) is 44.2 Å². The predicted octanol–water partition coefficient (Wildman–Crippen LogP) is 2.88. The molecule has 0 aromatic heterocycles. The second-order valence-electron chi connectivity index (χ2n) is 8.48. The lowest BCUT2D eigenvalue weighted by Crippen LogP contribution is -2.59. The van der Waals surface area contributed by atoms with Gasteiger partial charge in [-0.05, 0) is 31.7 Å². The molecular formula is C24H23NO4. The summed E-state index contributed by atoms with van der Waals surface area (Å²) in [5.74, 6) is -0.928. The Balaban J connectivity index is 1.72. The van der Waals surface area contributed by atoms with E-state index in [2.05, 4.69) is 0 Å². The number of hydrogen-bond acceptors (Lipinski definition) is 5. The van der Waals surface area contributed by atoms with Crippen molar-refractivity contribution in [3.63, 3.8) is 0 Å². The van der Waals surface area contributed by atoms with E-state index in [1.165, 1.54) is 0 Å². The Hall–Kier alpha value is -2.76. The molecule has 0 spiro atoms. The van der Waals surface area contributed by atoms with Gasteiger partial charge in [0.2, 0.25) is 17.1 Å². The Bertz CT molecular complexity index is 1070. The van der Waals surface area contributed by atoms with Crippen molar-refractivity contribution in [1.82, 2.24) is 4.90 Å². The molecule has 5 nitrogen and oxygen atoms in total. The van der Waals surface area contributed by atoms with E-state index < -0.39 is 17.1 Å². The largest absolute Gasteiger partial charge is 0.372 e. The van der Waals surface area contributed by atoms with Crippen molar-refractivity contribution in [3.05, 3.63) is 82.6 Å². The van der Waals surface area contributed by atoms with Crippen molar-refractivity contribution >= 4 is 11.6 Å². The van der Waals surface area contributed by atoms with Crippen LogP contribution in [0.2, 0.25) is 0 Å². The molecule has 5 heteroatoms. The van der Waals surface area contributed by atoms with E-state index in [0.717, 1.165) is 5.56 Å². The molecule has 2 aromatic rings. The number of ketones is 2. The quantitative estimate of drug-likeness (QED) is 0.826. The van der Waals surface area contributed by atoms with Crippen molar-refractivity contribution in [2.75, 3.05) is 0 Å². The Labute approximate surface area is 169 Å². The zero-order valence-corrected chi connectivity index (χ0v) is 16.4. The van der Waals surface area contributed by atoms with E-state index >= 15 is 0 Å². The number of fused-ring (bicyclic) bond motifs is 4. The minimum atomic E-state index is -2.27. The van der Waals surface area contributed by atoms with Gasteiger partial charge in [-0.15, -0.1) is 0 Å². The molecule has 0 amide bonds. The van der Waals surface area contributed by atoms with Crippen LogP contribution in [0.25, 0.3) is 0 Å². The lowest BCUT2D eigenvalue weighted by Gasteiger charge is -2.43. The van der Waals surface area contributed by atoms with Gasteiger partial charge < -0.3 is 15.1 Å². The first-order valence-corrected chi connectivity index (χ1v) is 10.0. The number of rotatable bonds is 2. The summed E-state index contributed by atoms with van der Waals surface area (Å²) in [7, 11) is 0. The smallest absolute Gasteiger partial charge is 0.210 e. The van der Waals surface area contributed by atoms with Crippen LogP contribution in [-0.2, 0) is 10.5 Å². The first kappa shape index (κ1) is 18.3. The van der Waals surface area contributed by atoms with Gasteiger partial charge in [-0.25, -0.2) is 0 Å². The van der Waals surface area contributed by atoms with E-state index in [-0.39, 0.29) is 35.3 Å². The third kappa shape index (κ3) is 2.07. The van der Waals surface area contributed by atoms with Crippen LogP contribution in [0.1, 0.15) is 54.1 Å². The molecule has 2 N–H and O–H groups in total. The van der Waals surface area contributed by atoms with E-state index in [0.29, 0.717) is 17.7 Å². The standard InChI is InChI=1S/C24H23NO4/c1-14(2)25-19-12-16(15-8-4-3-5-9-15)13-20(26)21(19)23(28)22(27)17-10-6-7-11-18(17)24(23,25)29/h3-11,14,16,28-29H,12-13H2,1-2H3. The van der Waals surface area contributed by atoms with Gasteiger partial charge in [-0.2, -0.15) is 0 Å². The van der Waals surface area contributed by atoms with Gasteiger partial charge in [-0.3, -0.25) is 9.59 Å². The minimum Gasteiger partial charge on any atom is -0.372 e. The summed E-state index contributed by atoms with van der Waals surface area (Å²) >= 11 is 0. The zero-order chi connectivity index (χ0) is 20.6. The highest BCUT2D eigenvalue weighted by atomic mass is 16.4. The topological polar surface area (TPSA) is 77.8 Å². The highest BCUT2D eigenvalue weighted by Crippen LogP contribution is 2.60. The molecule has 0 bridgehead atoms. The van der Waals surface area contributed by atoms with Crippen molar-refractivity contribution in [2.45, 2.75) is 50.0 Å². The normalized spacial score (nSPS) is 30.7. The molecule has 3 atom stereocenters. The van der Waals surface area contributed by atoms with Crippen LogP contribution in [0.5, 0.6) is 0 Å². The van der Waals surface area contributed by atoms with Gasteiger partial charge in [0.1, 0.15) is 0 Å². The molecule has 0 saturated heterocycles. The van der Waals surface area contributed by atoms with Crippen LogP contribution in [-0.4, -0.2) is 38.3 Å². The second kappa shape index (κ2) is 5.88. The maximum atomic E-state index is 13.3. The number of benzene rings is 2. The highest BCUT2D eigenvalue weighted by molar-refractivity contribution is 6.18. The molecule has 3 unspecified atom stereocenters. The first-order valence-electron chi connectivity index (χ1n) is 10.0. The third-order valence-corrected chi connectivity index (χ3v) is 6.61. The van der Waals surface area contributed by atoms with Crippen LogP contribution < -0.4 is 0 Å². The highest BCUT2D eigenvalue weighted by Gasteiger charge is 2.73. The number of Topliss-reactive ketones (excluding diaryl/α,β-unsaturated/α-hetero) is 2. The van der Waals surface area contributed by atoms with Gasteiger partial charge in [0.25, 0.3) is 0 Å². The predicted molar refractivity (Wildman–Crippen MR) is 107 cm³/mol. The summed E-state index contributed by atoms with van der Waals surface area (Å²) < 4.78 is 0. The molecule has 2 aliphatic carbocycles. The number of carbonyl (C=O) groups excluding carboxylic acids is 2. The van der Waals surface area contributed by atoms with Crippen LogP contribution in [0.3, 0.4) is 0 Å². The van der Waals surface area contributed by atoms with Gasteiger partial charge in [0, 0.05) is 29.3 Å². The van der Waals surface area contributed by atoms with Crippen LogP contribution in [0.4, 0.5) is 0 Å². The average Bonchev–Trinajstić information content (AvgIpc) is 3.03. The summed E-state index contributed by atoms with van der Waals surface area (Å²) in [5.41, 5.74) is -1.92. The Morgan fingerprint density at radius 1 is 0.966 bits per heavy atom. The molecular weight excluding hydrogens is 366 g/mol. The fourth-order valence-corrected chi connectivity index (χ4v) is 5.49. The van der Waals surface area contributed by atoms with Gasteiger partial charge in [0.15, 0.2) is 5.78 Å². The summed E-state index contributed by atoms with van der Waals surface area (Å²) in [4.78, 5) is 28.3. The first-order chi connectivity index (χ1) is 13.8. The number of carbonyl (C=O) groups is 2. The molecule has 0 saturated carbocycles. The maximum absolute atomic E-state index is 13.3. The van der Waals surface area contributed by atoms with Crippen LogP contribution in [0, 0.1) is 0 Å². The van der Waals surface area contributed by atoms with Crippen molar-refractivity contribution in [2.24, 2.45) is 0 Å². The van der Waals surface area contributed by atoms with Gasteiger partial charge in [-0.1, -0.05) is 54.6 Å². The van der Waals surface area contributed by atoms with Gasteiger partial charge in [0.05, 0.1) is 5.57 Å². The number of hydrogen-bond donors (Lipinski definition) is 2. The molecule has 5 rings (SSSR count). The molecule has 2 aromatic carbocycles. The number of aliphatic hydroxyl groups is 2. The third-order valence-electron chi connectivity index (χ3n) is 6.61. The fraction of sp³-hybridized carbons (Fsp3) is 0.333. The monoisotopic (exact) mass is 389 g/mol. The molecule has 29 heavy (non-hydrogen) atoms. The molecule has 1 aliphatic heterocycles. The van der Waals surface area contributed by atoms with E-state index in [4.69, 9.17) is 0 Å². The van der Waals surface area contributed by atoms with E-state index in [1.54, 1.807) is 29.2 Å². The molecule has 3 aliphatic rings. The lowest BCUT2D eigenvalue weighted by atomic mass is 9.76. The second-order valence-corrected chi connectivity index (χ2v) is 8.48. The maximum Gasteiger partial charge on any atom is 0.210 e.